The smallest absolute Gasteiger partial charge is 0.341 e. The van der Waals surface area contributed by atoms with Crippen molar-refractivity contribution in [3.8, 4) is 11.1 Å². The molecule has 3 aromatic rings. The van der Waals surface area contributed by atoms with Gasteiger partial charge in [0, 0.05) is 29.3 Å². The predicted octanol–water partition coefficient (Wildman–Crippen LogP) is 2.40. The summed E-state index contributed by atoms with van der Waals surface area (Å²) in [7, 11) is -4.39. The standard InChI is InChI=1S/C19H14FN3O7S/c20-14-6-12-15(22(10-2-3-10)8-13(18(12)24)19(25)26)7-11(14)9-1-4-17(31(21,29)30)16(5-9)23(27)28/h1,4-8,10H,2-3H2,(H,25,26)(H2,21,29,30). The van der Waals surface area contributed by atoms with Crippen LogP contribution in [0.4, 0.5) is 10.1 Å². The molecule has 0 amide bonds. The Morgan fingerprint density at radius 2 is 1.94 bits per heavy atom. The minimum absolute atomic E-state index is 0.00407. The van der Waals surface area contributed by atoms with Crippen molar-refractivity contribution in [2.75, 3.05) is 0 Å². The van der Waals surface area contributed by atoms with E-state index < -0.39 is 48.3 Å². The Bertz CT molecular complexity index is 1460. The van der Waals surface area contributed by atoms with Crippen LogP contribution in [0, 0.1) is 15.9 Å². The van der Waals surface area contributed by atoms with E-state index in [1.807, 2.05) is 0 Å². The molecule has 1 aliphatic carbocycles. The molecule has 0 saturated heterocycles. The third kappa shape index (κ3) is 3.55. The second-order valence-electron chi connectivity index (χ2n) is 7.15. The molecule has 1 aromatic heterocycles. The molecule has 1 aliphatic rings. The van der Waals surface area contributed by atoms with Gasteiger partial charge in [0.05, 0.1) is 10.4 Å². The van der Waals surface area contributed by atoms with Crippen LogP contribution in [0.15, 0.2) is 46.2 Å². The van der Waals surface area contributed by atoms with E-state index in [1.165, 1.54) is 18.3 Å². The fourth-order valence-electron chi connectivity index (χ4n) is 3.47. The van der Waals surface area contributed by atoms with Crippen molar-refractivity contribution in [1.29, 1.82) is 0 Å². The van der Waals surface area contributed by atoms with Gasteiger partial charge in [0.1, 0.15) is 11.4 Å². The molecule has 2 aromatic carbocycles. The number of primary sulfonamides is 1. The number of aromatic nitrogens is 1. The number of sulfonamides is 1. The first-order valence-corrected chi connectivity index (χ1v) is 10.5. The number of carboxylic acid groups (broad SMARTS) is 1. The van der Waals surface area contributed by atoms with Gasteiger partial charge in [0.15, 0.2) is 4.90 Å². The summed E-state index contributed by atoms with van der Waals surface area (Å²) in [4.78, 5) is 33.6. The second-order valence-corrected chi connectivity index (χ2v) is 8.68. The lowest BCUT2D eigenvalue weighted by Crippen LogP contribution is -2.19. The number of carboxylic acids is 1. The number of benzene rings is 2. The molecule has 160 valence electrons. The van der Waals surface area contributed by atoms with Gasteiger partial charge in [-0.1, -0.05) is 6.07 Å². The highest BCUT2D eigenvalue weighted by Gasteiger charge is 2.28. The third-order valence-corrected chi connectivity index (χ3v) is 6.02. The number of nitrogens with zero attached hydrogens (tertiary/aromatic N) is 2. The third-order valence-electron chi connectivity index (χ3n) is 5.06. The Morgan fingerprint density at radius 3 is 2.48 bits per heavy atom. The Morgan fingerprint density at radius 1 is 1.26 bits per heavy atom. The van der Waals surface area contributed by atoms with Gasteiger partial charge >= 0.3 is 5.97 Å². The van der Waals surface area contributed by atoms with E-state index in [9.17, 15) is 37.6 Å². The highest BCUT2D eigenvalue weighted by molar-refractivity contribution is 7.89. The Balaban J connectivity index is 2.01. The molecule has 10 nitrogen and oxygen atoms in total. The number of pyridine rings is 1. The summed E-state index contributed by atoms with van der Waals surface area (Å²) in [5.74, 6) is -2.35. The number of carbonyl (C=O) groups is 1. The Labute approximate surface area is 173 Å². The Hall–Kier alpha value is -3.64. The summed E-state index contributed by atoms with van der Waals surface area (Å²) in [5.41, 5.74) is -2.00. The maximum Gasteiger partial charge on any atom is 0.341 e. The Kier molecular flexibility index (Phi) is 4.63. The maximum atomic E-state index is 14.9. The SMILES string of the molecule is NS(=O)(=O)c1ccc(-c2cc3c(cc2F)c(=O)c(C(=O)O)cn3C2CC2)cc1[N+](=O)[O-]. The number of rotatable bonds is 5. The number of hydrogen-bond acceptors (Lipinski definition) is 6. The van der Waals surface area contributed by atoms with E-state index in [-0.39, 0.29) is 28.1 Å². The highest BCUT2D eigenvalue weighted by Crippen LogP contribution is 2.39. The topological polar surface area (TPSA) is 163 Å². The molecule has 3 N–H and O–H groups in total. The maximum absolute atomic E-state index is 14.9. The van der Waals surface area contributed by atoms with Crippen LogP contribution >= 0.6 is 0 Å². The average molecular weight is 447 g/mol. The van der Waals surface area contributed by atoms with Gasteiger partial charge < -0.3 is 9.67 Å². The molecule has 1 fully saturated rings. The lowest BCUT2D eigenvalue weighted by molar-refractivity contribution is -0.387. The number of aromatic carboxylic acids is 1. The first-order chi connectivity index (χ1) is 14.5. The minimum atomic E-state index is -4.39. The van der Waals surface area contributed by atoms with Crippen LogP contribution < -0.4 is 10.6 Å². The van der Waals surface area contributed by atoms with E-state index in [4.69, 9.17) is 5.14 Å². The molecule has 1 saturated carbocycles. The van der Waals surface area contributed by atoms with Crippen molar-refractivity contribution in [1.82, 2.24) is 4.57 Å². The molecule has 4 rings (SSSR count). The second kappa shape index (κ2) is 6.96. The molecule has 1 heterocycles. The summed E-state index contributed by atoms with van der Waals surface area (Å²) in [5, 5.41) is 25.5. The van der Waals surface area contributed by atoms with Crippen LogP contribution in [0.1, 0.15) is 29.2 Å². The summed E-state index contributed by atoms with van der Waals surface area (Å²) in [6, 6.07) is 5.09. The first-order valence-electron chi connectivity index (χ1n) is 8.92. The molecule has 12 heteroatoms. The van der Waals surface area contributed by atoms with E-state index in [2.05, 4.69) is 0 Å². The molecule has 31 heavy (non-hydrogen) atoms. The number of fused-ring (bicyclic) bond motifs is 1. The summed E-state index contributed by atoms with van der Waals surface area (Å²) in [6.45, 7) is 0. The van der Waals surface area contributed by atoms with E-state index in [0.29, 0.717) is 0 Å². The van der Waals surface area contributed by atoms with Crippen LogP contribution in [0.25, 0.3) is 22.0 Å². The van der Waals surface area contributed by atoms with Gasteiger partial charge in [-0.05, 0) is 36.6 Å². The molecule has 0 atom stereocenters. The summed E-state index contributed by atoms with van der Waals surface area (Å²) in [6.07, 6.45) is 2.70. The summed E-state index contributed by atoms with van der Waals surface area (Å²) >= 11 is 0. The van der Waals surface area contributed by atoms with Crippen molar-refractivity contribution in [2.45, 2.75) is 23.8 Å². The largest absolute Gasteiger partial charge is 0.477 e. The van der Waals surface area contributed by atoms with Crippen molar-refractivity contribution in [3.63, 3.8) is 0 Å². The fraction of sp³-hybridized carbons (Fsp3) is 0.158. The van der Waals surface area contributed by atoms with E-state index >= 15 is 0 Å². The number of halogens is 1. The monoisotopic (exact) mass is 447 g/mol. The normalized spacial score (nSPS) is 14.0. The lowest BCUT2D eigenvalue weighted by Gasteiger charge is -2.14. The molecule has 0 unspecified atom stereocenters. The number of nitro groups is 1. The minimum Gasteiger partial charge on any atom is -0.477 e. The average Bonchev–Trinajstić information content (AvgIpc) is 3.52. The van der Waals surface area contributed by atoms with Crippen molar-refractivity contribution in [2.24, 2.45) is 5.14 Å². The van der Waals surface area contributed by atoms with Gasteiger partial charge in [-0.2, -0.15) is 0 Å². The van der Waals surface area contributed by atoms with Crippen molar-refractivity contribution < 1.29 is 27.6 Å². The van der Waals surface area contributed by atoms with Crippen LogP contribution in [0.5, 0.6) is 0 Å². The van der Waals surface area contributed by atoms with Gasteiger partial charge in [-0.3, -0.25) is 14.9 Å². The van der Waals surface area contributed by atoms with Crippen molar-refractivity contribution >= 4 is 32.6 Å². The zero-order valence-electron chi connectivity index (χ0n) is 15.6. The zero-order chi connectivity index (χ0) is 22.7. The van der Waals surface area contributed by atoms with Gasteiger partial charge in [-0.25, -0.2) is 22.7 Å². The van der Waals surface area contributed by atoms with Gasteiger partial charge in [0.25, 0.3) is 5.69 Å². The van der Waals surface area contributed by atoms with Crippen LogP contribution in [0.3, 0.4) is 0 Å². The van der Waals surface area contributed by atoms with Crippen LogP contribution in [0.2, 0.25) is 0 Å². The lowest BCUT2D eigenvalue weighted by atomic mass is 10.0. The van der Waals surface area contributed by atoms with Gasteiger partial charge in [-0.15, -0.1) is 0 Å². The molecular weight excluding hydrogens is 433 g/mol. The molecule has 0 aliphatic heterocycles. The van der Waals surface area contributed by atoms with Crippen molar-refractivity contribution in [3.05, 3.63) is 68.2 Å². The molecule has 0 radical (unpaired) electrons. The zero-order valence-corrected chi connectivity index (χ0v) is 16.4. The quantitative estimate of drug-likeness (QED) is 0.448. The first kappa shape index (κ1) is 20.6. The number of nitro benzene ring substituents is 1. The number of nitrogens with two attached hydrogens (primary N) is 1. The predicted molar refractivity (Wildman–Crippen MR) is 107 cm³/mol. The molecule has 0 spiro atoms. The molecular formula is C19H14FN3O7S. The van der Waals surface area contributed by atoms with E-state index in [0.717, 1.165) is 31.0 Å². The fourth-order valence-corrected chi connectivity index (χ4v) is 4.15. The number of hydrogen-bond donors (Lipinski definition) is 2. The van der Waals surface area contributed by atoms with E-state index in [1.54, 1.807) is 4.57 Å². The highest BCUT2D eigenvalue weighted by atomic mass is 32.2. The molecule has 0 bridgehead atoms. The van der Waals surface area contributed by atoms with Crippen LogP contribution in [-0.4, -0.2) is 29.0 Å². The van der Waals surface area contributed by atoms with Gasteiger partial charge in [0.2, 0.25) is 15.5 Å². The summed E-state index contributed by atoms with van der Waals surface area (Å²) < 4.78 is 39.7. The van der Waals surface area contributed by atoms with Crippen LogP contribution in [-0.2, 0) is 10.0 Å².